The average Bonchev–Trinajstić information content (AvgIpc) is 2.37. The molecule has 2 aromatic rings. The lowest BCUT2D eigenvalue weighted by atomic mass is 10.1. The maximum Gasteiger partial charge on any atom is 0.0726 e. The first kappa shape index (κ1) is 13.2. The molecule has 0 saturated heterocycles. The van der Waals surface area contributed by atoms with Gasteiger partial charge in [-0.15, -0.1) is 11.6 Å². The first-order valence-electron chi connectivity index (χ1n) is 6.43. The van der Waals surface area contributed by atoms with E-state index in [0.717, 1.165) is 30.7 Å². The lowest BCUT2D eigenvalue weighted by molar-refractivity contribution is 0.796. The number of alkyl halides is 1. The minimum atomic E-state index is 0.649. The van der Waals surface area contributed by atoms with Gasteiger partial charge in [-0.25, -0.2) is 0 Å². The van der Waals surface area contributed by atoms with E-state index in [-0.39, 0.29) is 0 Å². The van der Waals surface area contributed by atoms with Gasteiger partial charge in [0.15, 0.2) is 0 Å². The standard InChI is InChI=1S/C15H19ClN2/c1-3-9-18(10-8-16)15-11-12(2)17-14-7-5-4-6-13(14)15/h4-7,11H,3,8-10H2,1-2H3. The molecular weight excluding hydrogens is 244 g/mol. The largest absolute Gasteiger partial charge is 0.370 e. The number of hydrogen-bond acceptors (Lipinski definition) is 2. The summed E-state index contributed by atoms with van der Waals surface area (Å²) in [5, 5.41) is 1.21. The summed E-state index contributed by atoms with van der Waals surface area (Å²) in [6.07, 6.45) is 1.12. The smallest absolute Gasteiger partial charge is 0.0726 e. The minimum absolute atomic E-state index is 0.649. The highest BCUT2D eigenvalue weighted by Gasteiger charge is 2.10. The number of halogens is 1. The molecule has 1 heterocycles. The third kappa shape index (κ3) is 2.75. The van der Waals surface area contributed by atoms with Gasteiger partial charge in [0.25, 0.3) is 0 Å². The predicted molar refractivity (Wildman–Crippen MR) is 79.7 cm³/mol. The monoisotopic (exact) mass is 262 g/mol. The third-order valence-electron chi connectivity index (χ3n) is 3.01. The van der Waals surface area contributed by atoms with Crippen LogP contribution in [-0.4, -0.2) is 24.0 Å². The van der Waals surface area contributed by atoms with Gasteiger partial charge in [-0.1, -0.05) is 25.1 Å². The Morgan fingerprint density at radius 3 is 2.72 bits per heavy atom. The van der Waals surface area contributed by atoms with Crippen molar-refractivity contribution in [3.63, 3.8) is 0 Å². The van der Waals surface area contributed by atoms with Crippen molar-refractivity contribution in [1.29, 1.82) is 0 Å². The van der Waals surface area contributed by atoms with E-state index in [9.17, 15) is 0 Å². The zero-order chi connectivity index (χ0) is 13.0. The zero-order valence-corrected chi connectivity index (χ0v) is 11.7. The van der Waals surface area contributed by atoms with Crippen molar-refractivity contribution in [3.8, 4) is 0 Å². The molecule has 0 bridgehead atoms. The van der Waals surface area contributed by atoms with Gasteiger partial charge in [-0.2, -0.15) is 0 Å². The number of rotatable bonds is 5. The van der Waals surface area contributed by atoms with Gasteiger partial charge in [0.2, 0.25) is 0 Å². The highest BCUT2D eigenvalue weighted by atomic mass is 35.5. The van der Waals surface area contributed by atoms with E-state index in [1.54, 1.807) is 0 Å². The van der Waals surface area contributed by atoms with Crippen molar-refractivity contribution in [2.45, 2.75) is 20.3 Å². The Morgan fingerprint density at radius 1 is 1.22 bits per heavy atom. The van der Waals surface area contributed by atoms with E-state index >= 15 is 0 Å². The molecule has 0 atom stereocenters. The Hall–Kier alpha value is -1.28. The number of pyridine rings is 1. The Morgan fingerprint density at radius 2 is 2.00 bits per heavy atom. The maximum atomic E-state index is 5.92. The number of aromatic nitrogens is 1. The first-order chi connectivity index (χ1) is 8.76. The van der Waals surface area contributed by atoms with Crippen LogP contribution in [0.3, 0.4) is 0 Å². The summed E-state index contributed by atoms with van der Waals surface area (Å²) >= 11 is 5.92. The molecule has 18 heavy (non-hydrogen) atoms. The number of nitrogens with zero attached hydrogens (tertiary/aromatic N) is 2. The number of fused-ring (bicyclic) bond motifs is 1. The van der Waals surface area contributed by atoms with Crippen molar-refractivity contribution in [1.82, 2.24) is 4.98 Å². The molecule has 0 spiro atoms. The molecule has 0 aliphatic carbocycles. The molecule has 0 aliphatic rings. The number of hydrogen-bond donors (Lipinski definition) is 0. The quantitative estimate of drug-likeness (QED) is 0.758. The molecule has 1 aromatic heterocycles. The van der Waals surface area contributed by atoms with E-state index in [0.29, 0.717) is 5.88 Å². The fourth-order valence-electron chi connectivity index (χ4n) is 2.27. The molecule has 0 amide bonds. The summed E-state index contributed by atoms with van der Waals surface area (Å²) in [6.45, 7) is 6.14. The molecule has 0 N–H and O–H groups in total. The van der Waals surface area contributed by atoms with Crippen molar-refractivity contribution in [3.05, 3.63) is 36.0 Å². The number of benzene rings is 1. The van der Waals surface area contributed by atoms with Crippen LogP contribution in [0.1, 0.15) is 19.0 Å². The molecule has 96 valence electrons. The van der Waals surface area contributed by atoms with Crippen LogP contribution in [0.4, 0.5) is 5.69 Å². The second-order valence-corrected chi connectivity index (χ2v) is 4.85. The Kier molecular flexibility index (Phi) is 4.43. The summed E-state index contributed by atoms with van der Waals surface area (Å²) < 4.78 is 0. The molecule has 0 saturated carbocycles. The number of anilines is 1. The van der Waals surface area contributed by atoms with E-state index in [1.165, 1.54) is 11.1 Å². The first-order valence-corrected chi connectivity index (χ1v) is 6.97. The van der Waals surface area contributed by atoms with E-state index < -0.39 is 0 Å². The molecule has 3 heteroatoms. The van der Waals surface area contributed by atoms with Crippen LogP contribution in [0.5, 0.6) is 0 Å². The second-order valence-electron chi connectivity index (χ2n) is 4.48. The van der Waals surface area contributed by atoms with Crippen LogP contribution in [0.15, 0.2) is 30.3 Å². The molecule has 1 aromatic carbocycles. The molecule has 0 unspecified atom stereocenters. The van der Waals surface area contributed by atoms with Crippen molar-refractivity contribution in [2.75, 3.05) is 23.9 Å². The molecule has 0 aliphatic heterocycles. The van der Waals surface area contributed by atoms with Crippen molar-refractivity contribution >= 4 is 28.2 Å². The van der Waals surface area contributed by atoms with Gasteiger partial charge >= 0.3 is 0 Å². The topological polar surface area (TPSA) is 16.1 Å². The average molecular weight is 263 g/mol. The molecule has 0 radical (unpaired) electrons. The van der Waals surface area contributed by atoms with Gasteiger partial charge in [-0.05, 0) is 25.5 Å². The summed E-state index contributed by atoms with van der Waals surface area (Å²) in [5.41, 5.74) is 3.36. The third-order valence-corrected chi connectivity index (χ3v) is 3.18. The Bertz CT molecular complexity index is 519. The van der Waals surface area contributed by atoms with Gasteiger partial charge in [0.1, 0.15) is 0 Å². The molecule has 2 nitrogen and oxygen atoms in total. The normalized spacial score (nSPS) is 10.8. The Labute approximate surface area is 114 Å². The Balaban J connectivity index is 2.52. The van der Waals surface area contributed by atoms with Gasteiger partial charge < -0.3 is 4.90 Å². The number of para-hydroxylation sites is 1. The van der Waals surface area contributed by atoms with Crippen LogP contribution < -0.4 is 4.90 Å². The maximum absolute atomic E-state index is 5.92. The van der Waals surface area contributed by atoms with Gasteiger partial charge in [-0.3, -0.25) is 4.98 Å². The second kappa shape index (κ2) is 6.05. The van der Waals surface area contributed by atoms with Crippen LogP contribution >= 0.6 is 11.6 Å². The van der Waals surface area contributed by atoms with E-state index in [1.807, 2.05) is 13.0 Å². The van der Waals surface area contributed by atoms with E-state index in [2.05, 4.69) is 41.1 Å². The predicted octanol–water partition coefficient (Wildman–Crippen LogP) is 4.00. The van der Waals surface area contributed by atoms with Gasteiger partial charge in [0, 0.05) is 35.7 Å². The van der Waals surface area contributed by atoms with Crippen LogP contribution in [0.25, 0.3) is 10.9 Å². The zero-order valence-electron chi connectivity index (χ0n) is 11.0. The summed E-state index contributed by atoms with van der Waals surface area (Å²) in [5.74, 6) is 0.649. The van der Waals surface area contributed by atoms with Crippen molar-refractivity contribution < 1.29 is 0 Å². The van der Waals surface area contributed by atoms with Crippen LogP contribution in [-0.2, 0) is 0 Å². The summed E-state index contributed by atoms with van der Waals surface area (Å²) in [4.78, 5) is 6.93. The molecular formula is C15H19ClN2. The number of aryl methyl sites for hydroxylation is 1. The lowest BCUT2D eigenvalue weighted by Gasteiger charge is -2.25. The minimum Gasteiger partial charge on any atom is -0.370 e. The fourth-order valence-corrected chi connectivity index (χ4v) is 2.48. The van der Waals surface area contributed by atoms with Crippen LogP contribution in [0.2, 0.25) is 0 Å². The van der Waals surface area contributed by atoms with Crippen molar-refractivity contribution in [2.24, 2.45) is 0 Å². The summed E-state index contributed by atoms with van der Waals surface area (Å²) in [6, 6.07) is 10.5. The lowest BCUT2D eigenvalue weighted by Crippen LogP contribution is -2.26. The SMILES string of the molecule is CCCN(CCCl)c1cc(C)nc2ccccc12. The van der Waals surface area contributed by atoms with Gasteiger partial charge in [0.05, 0.1) is 5.52 Å². The highest BCUT2D eigenvalue weighted by molar-refractivity contribution is 6.18. The summed E-state index contributed by atoms with van der Waals surface area (Å²) in [7, 11) is 0. The van der Waals surface area contributed by atoms with Crippen LogP contribution in [0, 0.1) is 6.92 Å². The fraction of sp³-hybridized carbons (Fsp3) is 0.400. The highest BCUT2D eigenvalue weighted by Crippen LogP contribution is 2.26. The van der Waals surface area contributed by atoms with E-state index in [4.69, 9.17) is 11.6 Å². The molecule has 2 rings (SSSR count). The molecule has 0 fully saturated rings.